The van der Waals surface area contributed by atoms with Crippen LogP contribution in [0.3, 0.4) is 0 Å². The molecule has 0 aliphatic carbocycles. The van der Waals surface area contributed by atoms with E-state index in [0.717, 1.165) is 37.3 Å². The summed E-state index contributed by atoms with van der Waals surface area (Å²) in [7, 11) is 0. The van der Waals surface area contributed by atoms with Crippen molar-refractivity contribution in [1.82, 2.24) is 5.06 Å². The predicted molar refractivity (Wildman–Crippen MR) is 135 cm³/mol. The zero-order valence-corrected chi connectivity index (χ0v) is 21.0. The van der Waals surface area contributed by atoms with Gasteiger partial charge in [-0.15, -0.1) is 5.06 Å². The molecule has 0 N–H and O–H groups in total. The van der Waals surface area contributed by atoms with Crippen LogP contribution in [0.5, 0.6) is 0 Å². The Morgan fingerprint density at radius 2 is 1.88 bits per heavy atom. The number of amides is 1. The highest BCUT2D eigenvalue weighted by Crippen LogP contribution is 2.51. The summed E-state index contributed by atoms with van der Waals surface area (Å²) in [5.41, 5.74) is 7.13. The lowest BCUT2D eigenvalue weighted by Crippen LogP contribution is -2.45. The van der Waals surface area contributed by atoms with Gasteiger partial charge in [0, 0.05) is 18.8 Å². The van der Waals surface area contributed by atoms with Gasteiger partial charge in [0.25, 0.3) is 5.91 Å². The summed E-state index contributed by atoms with van der Waals surface area (Å²) in [4.78, 5) is 25.1. The highest BCUT2D eigenvalue weighted by molar-refractivity contribution is 8.26. The molecule has 32 heavy (non-hydrogen) atoms. The van der Waals surface area contributed by atoms with Crippen LogP contribution in [0, 0.1) is 6.92 Å². The molecule has 0 aromatic heterocycles. The first-order chi connectivity index (χ1) is 15.1. The number of carbonyl (C=O) groups excluding carboxylic acids is 1. The van der Waals surface area contributed by atoms with E-state index in [9.17, 15) is 4.79 Å². The number of thioether (sulfide) groups is 1. The number of hydroxylamine groups is 2. The second-order valence-electron chi connectivity index (χ2n) is 9.81. The molecule has 1 saturated heterocycles. The second-order valence-corrected chi connectivity index (χ2v) is 11.5. The van der Waals surface area contributed by atoms with Gasteiger partial charge in [-0.05, 0) is 77.2 Å². The Labute approximate surface area is 200 Å². The number of benzene rings is 1. The van der Waals surface area contributed by atoms with E-state index in [1.54, 1.807) is 6.08 Å². The Morgan fingerprint density at radius 1 is 1.19 bits per heavy atom. The average Bonchev–Trinajstić information content (AvgIpc) is 2.99. The Bertz CT molecular complexity index is 1050. The van der Waals surface area contributed by atoms with Gasteiger partial charge in [0.1, 0.15) is 6.26 Å². The molecule has 0 unspecified atom stereocenters. The molecule has 1 fully saturated rings. The number of thiocarbonyl (C=S) groups is 1. The first-order valence-corrected chi connectivity index (χ1v) is 12.1. The molecule has 3 heterocycles. The molecule has 4 rings (SSSR count). The quantitative estimate of drug-likeness (QED) is 0.175. The molecule has 5 nitrogen and oxygen atoms in total. The maximum atomic E-state index is 12.5. The first-order valence-electron chi connectivity index (χ1n) is 10.9. The molecule has 0 bridgehead atoms. The lowest BCUT2D eigenvalue weighted by atomic mass is 9.67. The van der Waals surface area contributed by atoms with Gasteiger partial charge in [-0.2, -0.15) is 0 Å². The van der Waals surface area contributed by atoms with Gasteiger partial charge < -0.3 is 9.79 Å². The normalized spacial score (nSPS) is 22.6. The minimum atomic E-state index is -0.346. The van der Waals surface area contributed by atoms with Gasteiger partial charge in [-0.1, -0.05) is 63.2 Å². The van der Waals surface area contributed by atoms with Crippen LogP contribution >= 0.6 is 24.0 Å². The van der Waals surface area contributed by atoms with Gasteiger partial charge in [0.05, 0.1) is 4.91 Å². The Balaban J connectivity index is 1.71. The van der Waals surface area contributed by atoms with Crippen molar-refractivity contribution in [3.63, 3.8) is 0 Å². The number of rotatable bonds is 5. The van der Waals surface area contributed by atoms with Crippen LogP contribution in [0.4, 0.5) is 5.69 Å². The van der Waals surface area contributed by atoms with Crippen LogP contribution in [0.15, 0.2) is 36.0 Å². The molecule has 0 saturated carbocycles. The Morgan fingerprint density at radius 3 is 2.56 bits per heavy atom. The van der Waals surface area contributed by atoms with E-state index in [4.69, 9.17) is 17.2 Å². The molecule has 3 aliphatic heterocycles. The van der Waals surface area contributed by atoms with E-state index in [0.29, 0.717) is 4.91 Å². The van der Waals surface area contributed by atoms with E-state index >= 15 is 0 Å². The summed E-state index contributed by atoms with van der Waals surface area (Å²) in [6.45, 7) is 17.3. The molecule has 1 aromatic carbocycles. The van der Waals surface area contributed by atoms with E-state index < -0.39 is 0 Å². The first kappa shape index (κ1) is 23.1. The van der Waals surface area contributed by atoms with Crippen molar-refractivity contribution >= 4 is 46.0 Å². The van der Waals surface area contributed by atoms with E-state index in [2.05, 4.69) is 63.1 Å². The largest absolute Gasteiger partial charge is 0.371 e. The maximum absolute atomic E-state index is 12.5. The van der Waals surface area contributed by atoms with Crippen LogP contribution in [0.1, 0.15) is 62.8 Å². The second kappa shape index (κ2) is 8.36. The third-order valence-electron chi connectivity index (χ3n) is 6.80. The van der Waals surface area contributed by atoms with Crippen molar-refractivity contribution in [2.45, 2.75) is 58.3 Å². The summed E-state index contributed by atoms with van der Waals surface area (Å²) in [6.07, 6.45) is 9.21. The SMILES string of the molecule is C=COON1C(=O)/C(=C\C=C\c2cc3c4c(c2C)C(C)(C)CCN4CCC3(C)C)SC1=S. The van der Waals surface area contributed by atoms with E-state index in [1.807, 2.05) is 6.08 Å². The molecule has 0 atom stereocenters. The van der Waals surface area contributed by atoms with Crippen LogP contribution in [-0.4, -0.2) is 28.4 Å². The molecule has 7 heteroatoms. The third kappa shape index (κ3) is 3.91. The minimum absolute atomic E-state index is 0.132. The standard InChI is InChI=1S/C25H30N2O3S2/c1-7-29-30-27-22(28)19(32-23(27)31)10-8-9-17-15-18-21-20(16(17)2)25(5,6)12-14-26(21)13-11-24(18,3)4/h7-10,15H,1,11-14H2,2-6H3/b9-8+,19-10+. The van der Waals surface area contributed by atoms with Gasteiger partial charge in [0.2, 0.25) is 0 Å². The smallest absolute Gasteiger partial charge is 0.293 e. The van der Waals surface area contributed by atoms with Crippen LogP contribution in [0.2, 0.25) is 0 Å². The zero-order chi connectivity index (χ0) is 23.3. The highest BCUT2D eigenvalue weighted by Gasteiger charge is 2.41. The molecule has 0 radical (unpaired) electrons. The lowest BCUT2D eigenvalue weighted by molar-refractivity contribution is -0.350. The van der Waals surface area contributed by atoms with Crippen molar-refractivity contribution < 1.29 is 14.7 Å². The fourth-order valence-corrected chi connectivity index (χ4v) is 5.99. The van der Waals surface area contributed by atoms with Crippen molar-refractivity contribution in [2.75, 3.05) is 18.0 Å². The van der Waals surface area contributed by atoms with Crippen LogP contribution in [-0.2, 0) is 25.5 Å². The van der Waals surface area contributed by atoms with E-state index in [1.165, 1.54) is 39.7 Å². The Hall–Kier alpha value is -2.09. The number of nitrogens with zero attached hydrogens (tertiary/aromatic N) is 2. The molecular weight excluding hydrogens is 440 g/mol. The summed E-state index contributed by atoms with van der Waals surface area (Å²) in [5, 5.41) is 0.954. The number of anilines is 1. The predicted octanol–water partition coefficient (Wildman–Crippen LogP) is 5.93. The highest BCUT2D eigenvalue weighted by atomic mass is 32.2. The maximum Gasteiger partial charge on any atom is 0.293 e. The van der Waals surface area contributed by atoms with Gasteiger partial charge in [0.15, 0.2) is 4.32 Å². The number of hydrogen-bond acceptors (Lipinski definition) is 6. The van der Waals surface area contributed by atoms with Crippen molar-refractivity contribution in [1.29, 1.82) is 0 Å². The zero-order valence-electron chi connectivity index (χ0n) is 19.4. The number of allylic oxidation sites excluding steroid dienone is 2. The summed E-state index contributed by atoms with van der Waals surface area (Å²) in [6, 6.07) is 2.35. The molecule has 3 aliphatic rings. The molecule has 1 aromatic rings. The number of carbonyl (C=O) groups is 1. The molecular formula is C25H30N2O3S2. The fraction of sp³-hybridized carbons (Fsp3) is 0.440. The average molecular weight is 471 g/mol. The topological polar surface area (TPSA) is 42.0 Å². The van der Waals surface area contributed by atoms with Crippen LogP contribution in [0.25, 0.3) is 6.08 Å². The van der Waals surface area contributed by atoms with E-state index in [-0.39, 0.29) is 21.1 Å². The minimum Gasteiger partial charge on any atom is -0.371 e. The van der Waals surface area contributed by atoms with Crippen molar-refractivity contribution in [2.24, 2.45) is 0 Å². The van der Waals surface area contributed by atoms with Gasteiger partial charge in [-0.3, -0.25) is 4.79 Å². The fourth-order valence-electron chi connectivity index (χ4n) is 4.90. The van der Waals surface area contributed by atoms with Gasteiger partial charge >= 0.3 is 0 Å². The summed E-state index contributed by atoms with van der Waals surface area (Å²) >= 11 is 6.38. The molecule has 170 valence electrons. The molecule has 0 spiro atoms. The lowest BCUT2D eigenvalue weighted by Gasteiger charge is -2.49. The number of hydrogen-bond donors (Lipinski definition) is 0. The molecule has 1 amide bonds. The van der Waals surface area contributed by atoms with Crippen molar-refractivity contribution in [3.8, 4) is 0 Å². The van der Waals surface area contributed by atoms with Gasteiger partial charge in [-0.25, -0.2) is 0 Å². The monoisotopic (exact) mass is 470 g/mol. The van der Waals surface area contributed by atoms with Crippen molar-refractivity contribution in [3.05, 3.63) is 58.2 Å². The van der Waals surface area contributed by atoms with Crippen LogP contribution < -0.4 is 4.90 Å². The summed E-state index contributed by atoms with van der Waals surface area (Å²) < 4.78 is 0.287. The Kier molecular flexibility index (Phi) is 6.03. The third-order valence-corrected chi connectivity index (χ3v) is 8.09. The summed E-state index contributed by atoms with van der Waals surface area (Å²) in [5.74, 6) is -0.346.